The lowest BCUT2D eigenvalue weighted by Gasteiger charge is -2.24. The Morgan fingerprint density at radius 3 is 2.57 bits per heavy atom. The number of benzene rings is 1. The van der Waals surface area contributed by atoms with Gasteiger partial charge in [-0.25, -0.2) is 0 Å². The van der Waals surface area contributed by atoms with Crippen LogP contribution in [0.2, 0.25) is 0 Å². The zero-order chi connectivity index (χ0) is 15.4. The van der Waals surface area contributed by atoms with Crippen LogP contribution in [0.4, 0.5) is 5.69 Å². The van der Waals surface area contributed by atoms with Gasteiger partial charge in [0.2, 0.25) is 0 Å². The van der Waals surface area contributed by atoms with E-state index >= 15 is 0 Å². The van der Waals surface area contributed by atoms with Crippen LogP contribution in [0.15, 0.2) is 24.3 Å². The highest BCUT2D eigenvalue weighted by Gasteiger charge is 2.19. The van der Waals surface area contributed by atoms with Crippen molar-refractivity contribution in [3.63, 3.8) is 0 Å². The minimum Gasteiger partial charge on any atom is -0.399 e. The number of thiophene rings is 1. The van der Waals surface area contributed by atoms with Gasteiger partial charge in [0.1, 0.15) is 0 Å². The Labute approximate surface area is 130 Å². The van der Waals surface area contributed by atoms with Crippen molar-refractivity contribution in [2.75, 3.05) is 18.8 Å². The second-order valence-corrected chi connectivity index (χ2v) is 6.52. The third-order valence-corrected chi connectivity index (χ3v) is 5.16. The van der Waals surface area contributed by atoms with Crippen LogP contribution in [0, 0.1) is 5.92 Å². The molecule has 1 amide bonds. The van der Waals surface area contributed by atoms with Crippen LogP contribution < -0.4 is 5.73 Å². The number of fused-ring (bicyclic) bond motifs is 1. The maximum absolute atomic E-state index is 12.7. The van der Waals surface area contributed by atoms with E-state index in [-0.39, 0.29) is 5.91 Å². The fourth-order valence-electron chi connectivity index (χ4n) is 2.54. The van der Waals surface area contributed by atoms with E-state index in [1.165, 1.54) is 0 Å². The maximum Gasteiger partial charge on any atom is 0.263 e. The zero-order valence-electron chi connectivity index (χ0n) is 13.1. The van der Waals surface area contributed by atoms with E-state index in [0.717, 1.165) is 46.6 Å². The molecular formula is C17H24N2OS. The average molecular weight is 304 g/mol. The van der Waals surface area contributed by atoms with E-state index in [1.807, 2.05) is 36.1 Å². The minimum absolute atomic E-state index is 0.143. The summed E-state index contributed by atoms with van der Waals surface area (Å²) in [6, 6.07) is 7.77. The molecule has 1 heterocycles. The number of nitrogens with two attached hydrogens (primary N) is 1. The van der Waals surface area contributed by atoms with Gasteiger partial charge in [0.25, 0.3) is 5.91 Å². The first-order valence-electron chi connectivity index (χ1n) is 7.67. The number of nitrogens with zero attached hydrogens (tertiary/aromatic N) is 1. The summed E-state index contributed by atoms with van der Waals surface area (Å²) in [5.41, 5.74) is 6.55. The molecule has 0 aliphatic carbocycles. The lowest BCUT2D eigenvalue weighted by Crippen LogP contribution is -2.34. The van der Waals surface area contributed by atoms with Crippen molar-refractivity contribution in [1.29, 1.82) is 0 Å². The molecule has 0 saturated carbocycles. The topological polar surface area (TPSA) is 46.3 Å². The minimum atomic E-state index is 0.143. The molecule has 0 aliphatic rings. The molecule has 0 radical (unpaired) electrons. The van der Waals surface area contributed by atoms with Crippen LogP contribution >= 0.6 is 11.3 Å². The van der Waals surface area contributed by atoms with Crippen LogP contribution in [0.1, 0.15) is 43.3 Å². The molecule has 0 bridgehead atoms. The average Bonchev–Trinajstić information content (AvgIpc) is 2.91. The van der Waals surface area contributed by atoms with Crippen molar-refractivity contribution >= 4 is 33.0 Å². The molecule has 0 aliphatic heterocycles. The number of nitrogen functional groups attached to an aromatic ring is 1. The maximum atomic E-state index is 12.7. The summed E-state index contributed by atoms with van der Waals surface area (Å²) in [4.78, 5) is 15.5. The highest BCUT2D eigenvalue weighted by Crippen LogP contribution is 2.28. The van der Waals surface area contributed by atoms with Crippen LogP contribution in [0.25, 0.3) is 10.1 Å². The Morgan fingerprint density at radius 1 is 1.24 bits per heavy atom. The van der Waals surface area contributed by atoms with E-state index < -0.39 is 0 Å². The number of hydrogen-bond donors (Lipinski definition) is 1. The van der Waals surface area contributed by atoms with Crippen LogP contribution in [0.3, 0.4) is 0 Å². The predicted octanol–water partition coefficient (Wildman–Crippen LogP) is 4.38. The van der Waals surface area contributed by atoms with Crippen LogP contribution in [-0.4, -0.2) is 23.9 Å². The van der Waals surface area contributed by atoms with Crippen molar-refractivity contribution in [1.82, 2.24) is 4.90 Å². The number of amides is 1. The summed E-state index contributed by atoms with van der Waals surface area (Å²) in [7, 11) is 0. The molecule has 114 valence electrons. The molecule has 2 N–H and O–H groups in total. The van der Waals surface area contributed by atoms with E-state index in [9.17, 15) is 4.79 Å². The molecule has 0 saturated heterocycles. The van der Waals surface area contributed by atoms with Gasteiger partial charge in [-0.05, 0) is 42.5 Å². The molecule has 0 unspecified atom stereocenters. The molecule has 2 rings (SSSR count). The number of anilines is 1. The van der Waals surface area contributed by atoms with Gasteiger partial charge in [-0.1, -0.05) is 26.7 Å². The van der Waals surface area contributed by atoms with Gasteiger partial charge >= 0.3 is 0 Å². The fourth-order valence-corrected chi connectivity index (χ4v) is 3.55. The second kappa shape index (κ2) is 6.94. The standard InChI is InChI=1S/C17H24N2OS/c1-4-12(5-2)11-19(6-3)17(20)16-10-13-9-14(18)7-8-15(13)21-16/h7-10,12H,4-6,11,18H2,1-3H3. The smallest absolute Gasteiger partial charge is 0.263 e. The number of carbonyl (C=O) groups is 1. The normalized spacial score (nSPS) is 11.2. The quantitative estimate of drug-likeness (QED) is 0.805. The molecular weight excluding hydrogens is 280 g/mol. The van der Waals surface area contributed by atoms with Gasteiger partial charge in [-0.2, -0.15) is 0 Å². The molecule has 0 fully saturated rings. The van der Waals surface area contributed by atoms with Crippen LogP contribution in [0.5, 0.6) is 0 Å². The Kier molecular flexibility index (Phi) is 5.23. The summed E-state index contributed by atoms with van der Waals surface area (Å²) in [6.07, 6.45) is 2.23. The van der Waals surface area contributed by atoms with E-state index in [4.69, 9.17) is 5.73 Å². The molecule has 1 aromatic carbocycles. The zero-order valence-corrected chi connectivity index (χ0v) is 13.9. The molecule has 1 aromatic heterocycles. The molecule has 4 heteroatoms. The van der Waals surface area contributed by atoms with Gasteiger partial charge in [-0.3, -0.25) is 4.79 Å². The molecule has 3 nitrogen and oxygen atoms in total. The fraction of sp³-hybridized carbons (Fsp3) is 0.471. The Bertz CT molecular complexity index is 616. The lowest BCUT2D eigenvalue weighted by molar-refractivity contribution is 0.0740. The summed E-state index contributed by atoms with van der Waals surface area (Å²) < 4.78 is 1.12. The van der Waals surface area contributed by atoms with Gasteiger partial charge in [0.05, 0.1) is 4.88 Å². The molecule has 21 heavy (non-hydrogen) atoms. The first kappa shape index (κ1) is 15.8. The summed E-state index contributed by atoms with van der Waals surface area (Å²) in [5, 5.41) is 1.06. The first-order chi connectivity index (χ1) is 10.1. The van der Waals surface area contributed by atoms with Gasteiger partial charge in [0.15, 0.2) is 0 Å². The summed E-state index contributed by atoms with van der Waals surface area (Å²) in [6.45, 7) is 8.03. The van der Waals surface area contributed by atoms with Gasteiger partial charge in [-0.15, -0.1) is 11.3 Å². The third-order valence-electron chi connectivity index (χ3n) is 4.05. The highest BCUT2D eigenvalue weighted by atomic mass is 32.1. The third kappa shape index (κ3) is 3.56. The van der Waals surface area contributed by atoms with Gasteiger partial charge in [0, 0.05) is 23.5 Å². The molecule has 0 atom stereocenters. The van der Waals surface area contributed by atoms with Crippen LogP contribution in [-0.2, 0) is 0 Å². The van der Waals surface area contributed by atoms with E-state index in [0.29, 0.717) is 5.92 Å². The number of carbonyl (C=O) groups excluding carboxylic acids is 1. The number of rotatable bonds is 6. The monoisotopic (exact) mass is 304 g/mol. The Balaban J connectivity index is 2.22. The highest BCUT2D eigenvalue weighted by molar-refractivity contribution is 7.20. The van der Waals surface area contributed by atoms with E-state index in [2.05, 4.69) is 13.8 Å². The van der Waals surface area contributed by atoms with Crippen molar-refractivity contribution in [3.05, 3.63) is 29.1 Å². The Hall–Kier alpha value is -1.55. The van der Waals surface area contributed by atoms with Crippen molar-refractivity contribution in [2.45, 2.75) is 33.6 Å². The second-order valence-electron chi connectivity index (χ2n) is 5.43. The van der Waals surface area contributed by atoms with E-state index in [1.54, 1.807) is 11.3 Å². The largest absolute Gasteiger partial charge is 0.399 e. The Morgan fingerprint density at radius 2 is 1.95 bits per heavy atom. The predicted molar refractivity (Wildman–Crippen MR) is 91.9 cm³/mol. The first-order valence-corrected chi connectivity index (χ1v) is 8.49. The lowest BCUT2D eigenvalue weighted by atomic mass is 10.0. The number of hydrogen-bond acceptors (Lipinski definition) is 3. The van der Waals surface area contributed by atoms with Crippen molar-refractivity contribution in [3.8, 4) is 0 Å². The summed E-state index contributed by atoms with van der Waals surface area (Å²) >= 11 is 1.55. The van der Waals surface area contributed by atoms with Crippen molar-refractivity contribution < 1.29 is 4.79 Å². The molecule has 2 aromatic rings. The SMILES string of the molecule is CCC(CC)CN(CC)C(=O)c1cc2cc(N)ccc2s1. The molecule has 0 spiro atoms. The van der Waals surface area contributed by atoms with Crippen molar-refractivity contribution in [2.24, 2.45) is 5.92 Å². The summed E-state index contributed by atoms with van der Waals surface area (Å²) in [5.74, 6) is 0.725. The van der Waals surface area contributed by atoms with Gasteiger partial charge < -0.3 is 10.6 Å².